The van der Waals surface area contributed by atoms with E-state index in [1.54, 1.807) is 0 Å². The molecule has 3 rings (SSSR count). The minimum atomic E-state index is 0. The van der Waals surface area contributed by atoms with Gasteiger partial charge in [-0.1, -0.05) is 27.5 Å². The molecule has 1 saturated heterocycles. The van der Waals surface area contributed by atoms with Gasteiger partial charge in [0.2, 0.25) is 0 Å². The molecule has 0 radical (unpaired) electrons. The van der Waals surface area contributed by atoms with Crippen molar-refractivity contribution in [1.29, 1.82) is 0 Å². The molecule has 1 heterocycles. The van der Waals surface area contributed by atoms with E-state index in [0.29, 0.717) is 6.04 Å². The SMILES string of the molecule is CCNC(=NCCc1cc(Cl)ccc1Br)NC1CCN(C2CC2)CC1.I. The van der Waals surface area contributed by atoms with Gasteiger partial charge in [0.05, 0.1) is 0 Å². The first-order valence-corrected chi connectivity index (χ1v) is 10.6. The molecule has 1 aliphatic carbocycles. The summed E-state index contributed by atoms with van der Waals surface area (Å²) in [6.07, 6.45) is 6.10. The fraction of sp³-hybridized carbons (Fsp3) is 0.632. The van der Waals surface area contributed by atoms with Gasteiger partial charge in [-0.3, -0.25) is 4.99 Å². The molecule has 2 fully saturated rings. The van der Waals surface area contributed by atoms with E-state index in [1.807, 2.05) is 18.2 Å². The molecule has 2 aliphatic rings. The second kappa shape index (κ2) is 11.1. The van der Waals surface area contributed by atoms with Gasteiger partial charge < -0.3 is 15.5 Å². The highest BCUT2D eigenvalue weighted by molar-refractivity contribution is 14.0. The van der Waals surface area contributed by atoms with E-state index in [9.17, 15) is 0 Å². The molecule has 4 nitrogen and oxygen atoms in total. The van der Waals surface area contributed by atoms with Crippen LogP contribution in [0.4, 0.5) is 0 Å². The number of aliphatic imine (C=N–C) groups is 1. The highest BCUT2D eigenvalue weighted by atomic mass is 127. The van der Waals surface area contributed by atoms with Crippen LogP contribution >= 0.6 is 51.5 Å². The monoisotopic (exact) mass is 554 g/mol. The number of halogens is 3. The molecule has 26 heavy (non-hydrogen) atoms. The molecular weight excluding hydrogens is 526 g/mol. The summed E-state index contributed by atoms with van der Waals surface area (Å²) in [5, 5.41) is 7.77. The fourth-order valence-corrected chi connectivity index (χ4v) is 4.02. The van der Waals surface area contributed by atoms with Crippen LogP contribution in [0, 0.1) is 0 Å². The summed E-state index contributed by atoms with van der Waals surface area (Å²) in [6.45, 7) is 6.18. The lowest BCUT2D eigenvalue weighted by Gasteiger charge is -2.33. The lowest BCUT2D eigenvalue weighted by atomic mass is 10.1. The van der Waals surface area contributed by atoms with Gasteiger partial charge in [0.25, 0.3) is 0 Å². The predicted octanol–water partition coefficient (Wildman–Crippen LogP) is 4.44. The van der Waals surface area contributed by atoms with Crippen molar-refractivity contribution in [3.05, 3.63) is 33.3 Å². The Balaban J connectivity index is 0.00000243. The molecule has 0 bridgehead atoms. The van der Waals surface area contributed by atoms with E-state index in [1.165, 1.54) is 44.3 Å². The van der Waals surface area contributed by atoms with Crippen LogP contribution in [0.5, 0.6) is 0 Å². The Morgan fingerprint density at radius 3 is 2.65 bits per heavy atom. The summed E-state index contributed by atoms with van der Waals surface area (Å²) < 4.78 is 1.09. The number of hydrogen-bond donors (Lipinski definition) is 2. The minimum absolute atomic E-state index is 0. The van der Waals surface area contributed by atoms with E-state index in [2.05, 4.69) is 38.4 Å². The Morgan fingerprint density at radius 1 is 1.27 bits per heavy atom. The van der Waals surface area contributed by atoms with Gasteiger partial charge in [0.1, 0.15) is 0 Å². The average molecular weight is 556 g/mol. The Morgan fingerprint density at radius 2 is 2.00 bits per heavy atom. The van der Waals surface area contributed by atoms with Gasteiger partial charge in [-0.05, 0) is 62.8 Å². The van der Waals surface area contributed by atoms with Crippen LogP contribution < -0.4 is 10.6 Å². The average Bonchev–Trinajstić information content (AvgIpc) is 3.44. The maximum atomic E-state index is 6.09. The van der Waals surface area contributed by atoms with Crippen molar-refractivity contribution >= 4 is 57.5 Å². The third-order valence-corrected chi connectivity index (χ3v) is 5.95. The second-order valence-electron chi connectivity index (χ2n) is 6.93. The van der Waals surface area contributed by atoms with Crippen molar-refractivity contribution in [2.45, 2.75) is 51.1 Å². The van der Waals surface area contributed by atoms with Gasteiger partial charge in [-0.25, -0.2) is 0 Å². The Labute approximate surface area is 187 Å². The largest absolute Gasteiger partial charge is 0.357 e. The van der Waals surface area contributed by atoms with E-state index in [-0.39, 0.29) is 24.0 Å². The summed E-state index contributed by atoms with van der Waals surface area (Å²) in [7, 11) is 0. The van der Waals surface area contributed by atoms with Gasteiger partial charge in [0, 0.05) is 47.8 Å². The van der Waals surface area contributed by atoms with Crippen LogP contribution in [0.3, 0.4) is 0 Å². The predicted molar refractivity (Wildman–Crippen MR) is 125 cm³/mol. The van der Waals surface area contributed by atoms with Crippen LogP contribution in [0.2, 0.25) is 5.02 Å². The molecule has 146 valence electrons. The van der Waals surface area contributed by atoms with Gasteiger partial charge >= 0.3 is 0 Å². The third-order valence-electron chi connectivity index (χ3n) is 4.94. The summed E-state index contributed by atoms with van der Waals surface area (Å²) in [6, 6.07) is 7.33. The van der Waals surface area contributed by atoms with Crippen molar-refractivity contribution in [1.82, 2.24) is 15.5 Å². The molecule has 1 aromatic carbocycles. The normalized spacial score (nSPS) is 19.1. The van der Waals surface area contributed by atoms with Crippen molar-refractivity contribution in [3.63, 3.8) is 0 Å². The first-order valence-electron chi connectivity index (χ1n) is 9.38. The number of hydrogen-bond acceptors (Lipinski definition) is 2. The first-order chi connectivity index (χ1) is 12.2. The zero-order valence-electron chi connectivity index (χ0n) is 15.3. The zero-order chi connectivity index (χ0) is 17.6. The molecule has 0 unspecified atom stereocenters. The highest BCUT2D eigenvalue weighted by Crippen LogP contribution is 2.29. The Kier molecular flexibility index (Phi) is 9.47. The van der Waals surface area contributed by atoms with Crippen LogP contribution in [0.1, 0.15) is 38.2 Å². The van der Waals surface area contributed by atoms with E-state index in [0.717, 1.165) is 41.0 Å². The lowest BCUT2D eigenvalue weighted by molar-refractivity contribution is 0.197. The highest BCUT2D eigenvalue weighted by Gasteiger charge is 2.31. The van der Waals surface area contributed by atoms with Crippen LogP contribution in [-0.4, -0.2) is 49.1 Å². The molecule has 2 N–H and O–H groups in total. The van der Waals surface area contributed by atoms with Crippen molar-refractivity contribution in [3.8, 4) is 0 Å². The summed E-state index contributed by atoms with van der Waals surface area (Å²) in [5.41, 5.74) is 1.20. The fourth-order valence-electron chi connectivity index (χ4n) is 3.39. The van der Waals surface area contributed by atoms with Gasteiger partial charge in [-0.15, -0.1) is 24.0 Å². The maximum Gasteiger partial charge on any atom is 0.191 e. The van der Waals surface area contributed by atoms with Crippen LogP contribution in [0.15, 0.2) is 27.7 Å². The molecular formula is C19H29BrClIN4. The molecule has 0 spiro atoms. The Hall–Kier alpha value is -0.0500. The Bertz CT molecular complexity index is 601. The van der Waals surface area contributed by atoms with Crippen molar-refractivity contribution in [2.24, 2.45) is 4.99 Å². The number of benzene rings is 1. The smallest absolute Gasteiger partial charge is 0.191 e. The second-order valence-corrected chi connectivity index (χ2v) is 8.22. The first kappa shape index (κ1) is 22.2. The van der Waals surface area contributed by atoms with Gasteiger partial charge in [0.15, 0.2) is 5.96 Å². The maximum absolute atomic E-state index is 6.09. The molecule has 1 aromatic rings. The van der Waals surface area contributed by atoms with Crippen molar-refractivity contribution in [2.75, 3.05) is 26.2 Å². The van der Waals surface area contributed by atoms with Gasteiger partial charge in [-0.2, -0.15) is 0 Å². The number of guanidine groups is 1. The number of likely N-dealkylation sites (tertiary alicyclic amines) is 1. The zero-order valence-corrected chi connectivity index (χ0v) is 20.0. The summed E-state index contributed by atoms with van der Waals surface area (Å²) >= 11 is 9.68. The molecule has 7 heteroatoms. The van der Waals surface area contributed by atoms with E-state index >= 15 is 0 Å². The number of piperidine rings is 1. The molecule has 0 aromatic heterocycles. The number of nitrogens with one attached hydrogen (secondary N) is 2. The molecule has 1 saturated carbocycles. The number of rotatable bonds is 6. The lowest BCUT2D eigenvalue weighted by Crippen LogP contribution is -2.49. The summed E-state index contributed by atoms with van der Waals surface area (Å²) in [5.74, 6) is 0.936. The molecule has 0 atom stereocenters. The summed E-state index contributed by atoms with van der Waals surface area (Å²) in [4.78, 5) is 7.41. The van der Waals surface area contributed by atoms with Crippen LogP contribution in [-0.2, 0) is 6.42 Å². The standard InChI is InChI=1S/C19H28BrClN4.HI/c1-2-22-19(23-10-7-14-13-15(21)3-6-18(14)20)24-16-8-11-25(12-9-16)17-4-5-17;/h3,6,13,16-17H,2,4-5,7-12H2,1H3,(H2,22,23,24);1H. The molecule has 0 amide bonds. The van der Waals surface area contributed by atoms with Crippen LogP contribution in [0.25, 0.3) is 0 Å². The topological polar surface area (TPSA) is 39.7 Å². The number of nitrogens with zero attached hydrogens (tertiary/aromatic N) is 2. The van der Waals surface area contributed by atoms with E-state index < -0.39 is 0 Å². The van der Waals surface area contributed by atoms with E-state index in [4.69, 9.17) is 16.6 Å². The van der Waals surface area contributed by atoms with Crippen molar-refractivity contribution < 1.29 is 0 Å². The molecule has 1 aliphatic heterocycles. The minimum Gasteiger partial charge on any atom is -0.357 e. The quantitative estimate of drug-likeness (QED) is 0.310. The third kappa shape index (κ3) is 6.84.